The summed E-state index contributed by atoms with van der Waals surface area (Å²) in [6, 6.07) is 7.82. The van der Waals surface area contributed by atoms with Crippen molar-refractivity contribution in [3.63, 3.8) is 0 Å². The highest BCUT2D eigenvalue weighted by Crippen LogP contribution is 2.44. The summed E-state index contributed by atoms with van der Waals surface area (Å²) >= 11 is 1.62. The SMILES string of the molecule is CCOC(=O)c1c(NC(C)=O)c2c3c(sc2n1CC(=O)N(CC)c1cccc(C)c1)CCCC3. The first-order chi connectivity index (χ1) is 16.3. The lowest BCUT2D eigenvalue weighted by Crippen LogP contribution is -2.34. The summed E-state index contributed by atoms with van der Waals surface area (Å²) in [5.74, 6) is -0.927. The molecule has 8 heteroatoms. The zero-order valence-electron chi connectivity index (χ0n) is 20.2. The summed E-state index contributed by atoms with van der Waals surface area (Å²) < 4.78 is 7.12. The number of nitrogens with zero attached hydrogens (tertiary/aromatic N) is 2. The highest BCUT2D eigenvalue weighted by molar-refractivity contribution is 7.19. The van der Waals surface area contributed by atoms with Crippen LogP contribution in [0.5, 0.6) is 0 Å². The Morgan fingerprint density at radius 3 is 2.62 bits per heavy atom. The van der Waals surface area contributed by atoms with E-state index in [1.807, 2.05) is 38.1 Å². The van der Waals surface area contributed by atoms with E-state index in [0.717, 1.165) is 47.2 Å². The van der Waals surface area contributed by atoms with Crippen LogP contribution >= 0.6 is 11.3 Å². The van der Waals surface area contributed by atoms with E-state index >= 15 is 0 Å². The van der Waals surface area contributed by atoms with E-state index in [9.17, 15) is 14.4 Å². The molecule has 4 rings (SSSR count). The van der Waals surface area contributed by atoms with Gasteiger partial charge in [0, 0.05) is 29.4 Å². The summed E-state index contributed by atoms with van der Waals surface area (Å²) in [5.41, 5.74) is 3.77. The van der Waals surface area contributed by atoms with Gasteiger partial charge in [0.25, 0.3) is 0 Å². The van der Waals surface area contributed by atoms with Crippen molar-refractivity contribution in [2.45, 2.75) is 59.9 Å². The highest BCUT2D eigenvalue weighted by atomic mass is 32.1. The second-order valence-electron chi connectivity index (χ2n) is 8.58. The molecule has 0 fully saturated rings. The number of anilines is 2. The number of aromatic nitrogens is 1. The zero-order valence-corrected chi connectivity index (χ0v) is 21.0. The van der Waals surface area contributed by atoms with Gasteiger partial charge in [-0.3, -0.25) is 9.59 Å². The lowest BCUT2D eigenvalue weighted by atomic mass is 9.96. The number of hydrogen-bond acceptors (Lipinski definition) is 5. The van der Waals surface area contributed by atoms with Crippen LogP contribution in [0.15, 0.2) is 24.3 Å². The van der Waals surface area contributed by atoms with Gasteiger partial charge in [-0.25, -0.2) is 4.79 Å². The van der Waals surface area contributed by atoms with E-state index in [4.69, 9.17) is 4.74 Å². The molecule has 0 unspecified atom stereocenters. The number of fused-ring (bicyclic) bond motifs is 3. The Morgan fingerprint density at radius 2 is 1.94 bits per heavy atom. The van der Waals surface area contributed by atoms with E-state index in [1.54, 1.807) is 27.7 Å². The molecule has 2 heterocycles. The molecule has 1 aliphatic rings. The first-order valence-corrected chi connectivity index (χ1v) is 12.7. The van der Waals surface area contributed by atoms with Crippen LogP contribution in [0.1, 0.15) is 60.1 Å². The van der Waals surface area contributed by atoms with Crippen molar-refractivity contribution in [1.82, 2.24) is 4.57 Å². The molecule has 0 radical (unpaired) electrons. The van der Waals surface area contributed by atoms with Gasteiger partial charge >= 0.3 is 5.97 Å². The van der Waals surface area contributed by atoms with Crippen molar-refractivity contribution in [1.29, 1.82) is 0 Å². The van der Waals surface area contributed by atoms with Gasteiger partial charge in [0.1, 0.15) is 11.4 Å². The van der Waals surface area contributed by atoms with E-state index in [0.29, 0.717) is 12.2 Å². The normalized spacial score (nSPS) is 12.9. The maximum absolute atomic E-state index is 13.6. The average Bonchev–Trinajstić information content (AvgIpc) is 3.30. The van der Waals surface area contributed by atoms with Gasteiger partial charge in [0.05, 0.1) is 12.3 Å². The molecule has 0 atom stereocenters. The number of hydrogen-bond donors (Lipinski definition) is 1. The van der Waals surface area contributed by atoms with Crippen molar-refractivity contribution < 1.29 is 19.1 Å². The first-order valence-electron chi connectivity index (χ1n) is 11.8. The summed E-state index contributed by atoms with van der Waals surface area (Å²) in [4.78, 5) is 42.7. The summed E-state index contributed by atoms with van der Waals surface area (Å²) in [5, 5.41) is 3.77. The number of carbonyl (C=O) groups is 3. The smallest absolute Gasteiger partial charge is 0.357 e. The van der Waals surface area contributed by atoms with Crippen LogP contribution in [0.2, 0.25) is 0 Å². The Kier molecular flexibility index (Phi) is 7.07. The van der Waals surface area contributed by atoms with Crippen molar-refractivity contribution in [2.24, 2.45) is 0 Å². The quantitative estimate of drug-likeness (QED) is 0.477. The van der Waals surface area contributed by atoms with Crippen LogP contribution in [-0.4, -0.2) is 35.5 Å². The Labute approximate surface area is 203 Å². The summed E-state index contributed by atoms with van der Waals surface area (Å²) in [6.45, 7) is 7.78. The molecule has 0 aliphatic heterocycles. The molecule has 1 aromatic carbocycles. The second kappa shape index (κ2) is 10.0. The minimum atomic E-state index is -0.536. The number of rotatable bonds is 7. The number of likely N-dealkylation sites (N-methyl/N-ethyl adjacent to an activating group) is 1. The monoisotopic (exact) mass is 481 g/mol. The maximum atomic E-state index is 13.6. The maximum Gasteiger partial charge on any atom is 0.357 e. The number of aryl methyl sites for hydroxylation is 3. The molecule has 0 saturated carbocycles. The average molecular weight is 482 g/mol. The summed E-state index contributed by atoms with van der Waals surface area (Å²) in [6.07, 6.45) is 4.05. The molecular formula is C26H31N3O4S. The topological polar surface area (TPSA) is 80.6 Å². The highest BCUT2D eigenvalue weighted by Gasteiger charge is 2.31. The Bertz CT molecular complexity index is 1260. The number of nitrogens with one attached hydrogen (secondary N) is 1. The van der Waals surface area contributed by atoms with Crippen LogP contribution in [0.25, 0.3) is 10.2 Å². The molecule has 0 bridgehead atoms. The van der Waals surface area contributed by atoms with Crippen LogP contribution in [-0.2, 0) is 33.7 Å². The standard InChI is InChI=1S/C26H31N3O4S/c1-5-28(18-11-9-10-16(3)14-18)21(31)15-29-24(26(32)33-6-2)23(27-17(4)30)22-19-12-7-8-13-20(19)34-25(22)29/h9-11,14H,5-8,12-13,15H2,1-4H3,(H,27,30). The molecule has 7 nitrogen and oxygen atoms in total. The van der Waals surface area contributed by atoms with Gasteiger partial charge in [-0.2, -0.15) is 0 Å². The molecule has 3 aromatic rings. The number of esters is 1. The van der Waals surface area contributed by atoms with Crippen molar-refractivity contribution in [3.8, 4) is 0 Å². The van der Waals surface area contributed by atoms with Gasteiger partial charge in [0.15, 0.2) is 5.69 Å². The van der Waals surface area contributed by atoms with Crippen LogP contribution in [0, 0.1) is 6.92 Å². The predicted molar refractivity (Wildman–Crippen MR) is 136 cm³/mol. The third-order valence-electron chi connectivity index (χ3n) is 6.15. The zero-order chi connectivity index (χ0) is 24.4. The molecule has 1 N–H and O–H groups in total. The largest absolute Gasteiger partial charge is 0.461 e. The van der Waals surface area contributed by atoms with Gasteiger partial charge < -0.3 is 19.5 Å². The lowest BCUT2D eigenvalue weighted by Gasteiger charge is -2.22. The minimum Gasteiger partial charge on any atom is -0.461 e. The predicted octanol–water partition coefficient (Wildman–Crippen LogP) is 5.08. The van der Waals surface area contributed by atoms with Crippen LogP contribution in [0.3, 0.4) is 0 Å². The van der Waals surface area contributed by atoms with Crippen molar-refractivity contribution >= 4 is 50.7 Å². The van der Waals surface area contributed by atoms with Gasteiger partial charge in [-0.1, -0.05) is 12.1 Å². The van der Waals surface area contributed by atoms with E-state index in [-0.39, 0.29) is 30.7 Å². The third-order valence-corrected chi connectivity index (χ3v) is 7.46. The molecule has 34 heavy (non-hydrogen) atoms. The molecule has 2 amide bonds. The number of benzene rings is 1. The fourth-order valence-corrected chi connectivity index (χ4v) is 6.13. The Morgan fingerprint density at radius 1 is 1.18 bits per heavy atom. The number of ether oxygens (including phenoxy) is 1. The lowest BCUT2D eigenvalue weighted by molar-refractivity contribution is -0.119. The van der Waals surface area contributed by atoms with Gasteiger partial charge in [-0.05, 0) is 69.7 Å². The molecule has 2 aromatic heterocycles. The molecule has 1 aliphatic carbocycles. The van der Waals surface area contributed by atoms with Gasteiger partial charge in [0.2, 0.25) is 11.8 Å². The van der Waals surface area contributed by atoms with E-state index in [2.05, 4.69) is 5.32 Å². The fourth-order valence-electron chi connectivity index (χ4n) is 4.73. The number of carbonyl (C=O) groups excluding carboxylic acids is 3. The fraction of sp³-hybridized carbons (Fsp3) is 0.423. The Hall–Kier alpha value is -3.13. The van der Waals surface area contributed by atoms with E-state index in [1.165, 1.54) is 17.4 Å². The van der Waals surface area contributed by atoms with E-state index < -0.39 is 5.97 Å². The minimum absolute atomic E-state index is 0.0224. The van der Waals surface area contributed by atoms with Crippen LogP contribution < -0.4 is 10.2 Å². The molecule has 0 spiro atoms. The van der Waals surface area contributed by atoms with Crippen molar-refractivity contribution in [3.05, 3.63) is 46.0 Å². The number of amides is 2. The molecular weight excluding hydrogens is 450 g/mol. The summed E-state index contributed by atoms with van der Waals surface area (Å²) in [7, 11) is 0. The van der Waals surface area contributed by atoms with Crippen LogP contribution in [0.4, 0.5) is 11.4 Å². The van der Waals surface area contributed by atoms with Crippen molar-refractivity contribution in [2.75, 3.05) is 23.4 Å². The Balaban J connectivity index is 1.87. The molecule has 0 saturated heterocycles. The number of thiophene rings is 1. The molecule has 180 valence electrons. The van der Waals surface area contributed by atoms with Gasteiger partial charge in [-0.15, -0.1) is 11.3 Å². The third kappa shape index (κ3) is 4.46. The second-order valence-corrected chi connectivity index (χ2v) is 9.66. The first kappa shape index (κ1) is 24.0.